The fourth-order valence-electron chi connectivity index (χ4n) is 0.756. The van der Waals surface area contributed by atoms with E-state index in [1.807, 2.05) is 0 Å². The quantitative estimate of drug-likeness (QED) is 0.402. The lowest BCUT2D eigenvalue weighted by molar-refractivity contribution is 0.800. The molecule has 0 aromatic heterocycles. The molecule has 0 aliphatic rings. The summed E-state index contributed by atoms with van der Waals surface area (Å²) in [5, 5.41) is -0.415. The van der Waals surface area contributed by atoms with Crippen LogP contribution in [0.15, 0.2) is 34.3 Å². The van der Waals surface area contributed by atoms with E-state index in [-0.39, 0.29) is 0 Å². The van der Waals surface area contributed by atoms with E-state index in [0.717, 1.165) is 0 Å². The molecule has 92 valence electrons. The van der Waals surface area contributed by atoms with Crippen molar-refractivity contribution in [3.8, 4) is 0 Å². The lowest BCUT2D eigenvalue weighted by atomic mass is 10.1. The van der Waals surface area contributed by atoms with Crippen molar-refractivity contribution in [1.82, 2.24) is 0 Å². The van der Waals surface area contributed by atoms with Crippen molar-refractivity contribution >= 4 is 73.9 Å². The molecule has 0 saturated carbocycles. The van der Waals surface area contributed by atoms with Gasteiger partial charge in [0, 0.05) is 5.54 Å². The van der Waals surface area contributed by atoms with E-state index < -0.39 is 15.1 Å². The van der Waals surface area contributed by atoms with Crippen LogP contribution in [0.2, 0.25) is 0 Å². The number of hydrogen-bond donors (Lipinski definition) is 0. The van der Waals surface area contributed by atoms with Crippen molar-refractivity contribution < 1.29 is 0 Å². The van der Waals surface area contributed by atoms with E-state index in [0.29, 0.717) is 5.57 Å². The molecular weight excluding hydrogens is 377 g/mol. The Morgan fingerprint density at radius 2 is 1.88 bits per heavy atom. The zero-order valence-electron chi connectivity index (χ0n) is 8.31. The van der Waals surface area contributed by atoms with Crippen molar-refractivity contribution in [3.63, 3.8) is 0 Å². The minimum atomic E-state index is -0.701. The summed E-state index contributed by atoms with van der Waals surface area (Å²) in [6.45, 7) is 1.79. The summed E-state index contributed by atoms with van der Waals surface area (Å²) in [5.41, 5.74) is 1.86. The fraction of sp³-hybridized carbons (Fsp3) is 0.400. The van der Waals surface area contributed by atoms with Crippen LogP contribution in [0, 0.1) is 0 Å². The van der Waals surface area contributed by atoms with E-state index in [1.54, 1.807) is 30.1 Å². The van der Waals surface area contributed by atoms with E-state index in [4.69, 9.17) is 58.0 Å². The molecule has 0 radical (unpaired) electrons. The van der Waals surface area contributed by atoms with Crippen molar-refractivity contribution in [2.45, 2.75) is 22.0 Å². The lowest BCUT2D eigenvalue weighted by Crippen LogP contribution is -2.24. The van der Waals surface area contributed by atoms with Crippen LogP contribution < -0.4 is 0 Å². The van der Waals surface area contributed by atoms with E-state index in [1.165, 1.54) is 5.54 Å². The third-order valence-electron chi connectivity index (χ3n) is 1.76. The Bertz CT molecular complexity index is 294. The minimum absolute atomic E-state index is 0.415. The van der Waals surface area contributed by atoms with E-state index >= 15 is 0 Å². The average molecular weight is 387 g/mol. The first kappa shape index (κ1) is 17.2. The molecule has 2 atom stereocenters. The van der Waals surface area contributed by atoms with E-state index in [2.05, 4.69) is 15.9 Å². The molecule has 0 rings (SSSR count). The number of allylic oxidation sites excluding steroid dienone is 4. The Hall–Kier alpha value is 1.15. The molecular formula is C10H10BrCl5. The molecule has 0 fully saturated rings. The standard InChI is InChI=1S/C10H10BrCl5/c1-10(16,4-5-11)8(13)3-2-7(6-12)9(14)15/h2-6,8-9H,1H3/b3-2+,5-4+,7-6+/t8-,10-/m0/s1. The Morgan fingerprint density at radius 1 is 1.31 bits per heavy atom. The zero-order chi connectivity index (χ0) is 12.8. The average Bonchev–Trinajstić information content (AvgIpc) is 2.17. The summed E-state index contributed by atoms with van der Waals surface area (Å²) in [6.07, 6.45) is 5.07. The fourth-order valence-corrected chi connectivity index (χ4v) is 2.34. The van der Waals surface area contributed by atoms with Crippen molar-refractivity contribution in [2.75, 3.05) is 0 Å². The predicted molar refractivity (Wildman–Crippen MR) is 80.5 cm³/mol. The molecule has 0 N–H and O–H groups in total. The lowest BCUT2D eigenvalue weighted by Gasteiger charge is -2.21. The monoisotopic (exact) mass is 384 g/mol. The smallest absolute Gasteiger partial charge is 0.116 e. The largest absolute Gasteiger partial charge is 0.133 e. The second-order valence-corrected chi connectivity index (χ2v) is 6.24. The van der Waals surface area contributed by atoms with Gasteiger partial charge >= 0.3 is 0 Å². The minimum Gasteiger partial charge on any atom is -0.116 e. The van der Waals surface area contributed by atoms with Gasteiger partial charge in [-0.15, -0.1) is 46.4 Å². The molecule has 16 heavy (non-hydrogen) atoms. The van der Waals surface area contributed by atoms with Gasteiger partial charge in [0.15, 0.2) is 0 Å². The van der Waals surface area contributed by atoms with Crippen molar-refractivity contribution in [2.24, 2.45) is 0 Å². The van der Waals surface area contributed by atoms with Crippen LogP contribution in [0.4, 0.5) is 0 Å². The molecule has 0 aliphatic heterocycles. The van der Waals surface area contributed by atoms with Crippen molar-refractivity contribution in [3.05, 3.63) is 34.3 Å². The first-order valence-electron chi connectivity index (χ1n) is 4.22. The maximum absolute atomic E-state index is 6.17. The van der Waals surface area contributed by atoms with Crippen LogP contribution in [-0.4, -0.2) is 15.1 Å². The van der Waals surface area contributed by atoms with Gasteiger partial charge in [-0.1, -0.05) is 45.8 Å². The summed E-state index contributed by atoms with van der Waals surface area (Å²) in [6, 6.07) is 0. The molecule has 0 nitrogen and oxygen atoms in total. The van der Waals surface area contributed by atoms with Gasteiger partial charge in [0.2, 0.25) is 0 Å². The van der Waals surface area contributed by atoms with Gasteiger partial charge in [0.05, 0.1) is 10.3 Å². The Kier molecular flexibility index (Phi) is 8.88. The van der Waals surface area contributed by atoms with Gasteiger partial charge in [0.25, 0.3) is 0 Å². The van der Waals surface area contributed by atoms with Crippen LogP contribution in [0.3, 0.4) is 0 Å². The Morgan fingerprint density at radius 3 is 2.25 bits per heavy atom. The number of halogens is 6. The maximum Gasteiger partial charge on any atom is 0.133 e. The number of rotatable bonds is 5. The van der Waals surface area contributed by atoms with Crippen LogP contribution >= 0.6 is 73.9 Å². The highest BCUT2D eigenvalue weighted by atomic mass is 79.9. The summed E-state index contributed by atoms with van der Waals surface area (Å²) in [7, 11) is 0. The predicted octanol–water partition coefficient (Wildman–Crippen LogP) is 5.98. The Balaban J connectivity index is 4.67. The van der Waals surface area contributed by atoms with Crippen LogP contribution in [0.25, 0.3) is 0 Å². The molecule has 0 aromatic rings. The second kappa shape index (κ2) is 8.29. The normalized spacial score (nSPS) is 19.6. The van der Waals surface area contributed by atoms with Gasteiger partial charge in [-0.3, -0.25) is 0 Å². The molecule has 0 bridgehead atoms. The van der Waals surface area contributed by atoms with Gasteiger partial charge < -0.3 is 0 Å². The third-order valence-corrected chi connectivity index (χ3v) is 3.86. The second-order valence-electron chi connectivity index (χ2n) is 3.11. The highest BCUT2D eigenvalue weighted by Crippen LogP contribution is 2.28. The van der Waals surface area contributed by atoms with Gasteiger partial charge in [-0.25, -0.2) is 0 Å². The van der Waals surface area contributed by atoms with Crippen LogP contribution in [0.5, 0.6) is 0 Å². The zero-order valence-corrected chi connectivity index (χ0v) is 13.7. The summed E-state index contributed by atoms with van der Waals surface area (Å²) in [5.74, 6) is 0. The van der Waals surface area contributed by atoms with Gasteiger partial charge in [-0.05, 0) is 17.5 Å². The molecule has 6 heteroatoms. The molecule has 0 aliphatic carbocycles. The Labute approximate surface area is 129 Å². The number of hydrogen-bond acceptors (Lipinski definition) is 0. The van der Waals surface area contributed by atoms with Gasteiger partial charge in [-0.2, -0.15) is 0 Å². The molecule has 0 aromatic carbocycles. The molecule has 0 unspecified atom stereocenters. The highest BCUT2D eigenvalue weighted by molar-refractivity contribution is 9.11. The number of alkyl halides is 4. The van der Waals surface area contributed by atoms with Crippen LogP contribution in [-0.2, 0) is 0 Å². The summed E-state index contributed by atoms with van der Waals surface area (Å²) >= 11 is 32.3. The molecule has 0 amide bonds. The summed E-state index contributed by atoms with van der Waals surface area (Å²) < 4.78 is 0. The van der Waals surface area contributed by atoms with Crippen LogP contribution in [0.1, 0.15) is 6.92 Å². The topological polar surface area (TPSA) is 0 Å². The molecule has 0 saturated heterocycles. The summed E-state index contributed by atoms with van der Waals surface area (Å²) in [4.78, 5) is 0.270. The first-order chi connectivity index (χ1) is 7.35. The van der Waals surface area contributed by atoms with E-state index in [9.17, 15) is 0 Å². The SMILES string of the molecule is C[C@](Cl)(/C=C/Br)[C@@H](Cl)/C=C/C(=C\Cl)C(Cl)Cl. The highest BCUT2D eigenvalue weighted by Gasteiger charge is 2.25. The molecule has 0 spiro atoms. The molecule has 0 heterocycles. The third kappa shape index (κ3) is 6.18. The van der Waals surface area contributed by atoms with Gasteiger partial charge in [0.1, 0.15) is 4.84 Å². The first-order valence-corrected chi connectivity index (χ1v) is 7.26. The van der Waals surface area contributed by atoms with Crippen molar-refractivity contribution in [1.29, 1.82) is 0 Å². The maximum atomic E-state index is 6.17.